The van der Waals surface area contributed by atoms with E-state index in [2.05, 4.69) is 92.7 Å². The third-order valence-corrected chi connectivity index (χ3v) is 9.51. The molecule has 3 aliphatic carbocycles. The van der Waals surface area contributed by atoms with E-state index >= 15 is 0 Å². The summed E-state index contributed by atoms with van der Waals surface area (Å²) in [5.41, 5.74) is 16.2. The number of allylic oxidation sites excluding steroid dienone is 4. The number of hydrogen-bond acceptors (Lipinski definition) is 0. The van der Waals surface area contributed by atoms with Gasteiger partial charge in [-0.25, -0.2) is 0 Å². The molecule has 3 heteroatoms. The van der Waals surface area contributed by atoms with Crippen LogP contribution in [0.2, 0.25) is 0 Å². The first-order chi connectivity index (χ1) is 16.8. The topological polar surface area (TPSA) is 0 Å². The summed E-state index contributed by atoms with van der Waals surface area (Å²) >= 11 is 1.69. The van der Waals surface area contributed by atoms with Gasteiger partial charge >= 0.3 is 59.5 Å². The number of rotatable bonds is 1. The second kappa shape index (κ2) is 12.8. The van der Waals surface area contributed by atoms with Crippen LogP contribution < -0.4 is 24.8 Å². The Hall–Kier alpha value is -0.747. The monoisotopic (exact) mass is 625 g/mol. The van der Waals surface area contributed by atoms with E-state index < -0.39 is 0 Å². The molecule has 5 rings (SSSR count). The fourth-order valence-electron chi connectivity index (χ4n) is 6.30. The predicted molar refractivity (Wildman–Crippen MR) is 155 cm³/mol. The van der Waals surface area contributed by atoms with Crippen molar-refractivity contribution < 1.29 is 49.0 Å². The van der Waals surface area contributed by atoms with Crippen LogP contribution in [0.5, 0.6) is 0 Å². The summed E-state index contributed by atoms with van der Waals surface area (Å²) in [6.45, 7) is 20.9. The summed E-state index contributed by atoms with van der Waals surface area (Å²) in [5, 5.41) is 0. The zero-order chi connectivity index (χ0) is 26.4. The van der Waals surface area contributed by atoms with Gasteiger partial charge in [0.25, 0.3) is 0 Å². The Balaban J connectivity index is 0.000000492. The molecule has 0 radical (unpaired) electrons. The molecule has 0 atom stereocenters. The van der Waals surface area contributed by atoms with Crippen molar-refractivity contribution >= 4 is 8.78 Å². The van der Waals surface area contributed by atoms with Crippen LogP contribution in [0.15, 0.2) is 24.3 Å². The van der Waals surface area contributed by atoms with Crippen LogP contribution in [0, 0.1) is 26.8 Å². The molecular weight excluding hydrogens is 583 g/mol. The van der Waals surface area contributed by atoms with Gasteiger partial charge in [0.15, 0.2) is 0 Å². The van der Waals surface area contributed by atoms with Crippen molar-refractivity contribution in [2.75, 3.05) is 0 Å². The first-order valence-electron chi connectivity index (χ1n) is 14.0. The third-order valence-electron chi connectivity index (χ3n) is 8.28. The summed E-state index contributed by atoms with van der Waals surface area (Å²) in [6, 6.07) is 6.42. The SMILES string of the molecule is Cc1c(C(C)(C)C)cc2c(c1C)-c1c([c-]c(C(C)(C)C)c(C3=CC=CC3)c1C)C2.[Cl-].[Cl-].[Zr+2]=[C]1CCCCC1. The van der Waals surface area contributed by atoms with Crippen molar-refractivity contribution in [1.82, 2.24) is 0 Å². The molecule has 0 bridgehead atoms. The van der Waals surface area contributed by atoms with Crippen molar-refractivity contribution in [3.8, 4) is 11.1 Å². The Kier molecular flexibility index (Phi) is 11.3. The molecule has 0 N–H and O–H groups in total. The second-order valence-corrected chi connectivity index (χ2v) is 15.0. The van der Waals surface area contributed by atoms with Crippen LogP contribution in [-0.4, -0.2) is 3.21 Å². The molecule has 0 spiro atoms. The molecule has 1 fully saturated rings. The van der Waals surface area contributed by atoms with E-state index in [1.807, 2.05) is 0 Å². The van der Waals surface area contributed by atoms with E-state index in [1.54, 1.807) is 27.4 Å². The van der Waals surface area contributed by atoms with Crippen molar-refractivity contribution in [1.29, 1.82) is 0 Å². The molecule has 2 aromatic carbocycles. The summed E-state index contributed by atoms with van der Waals surface area (Å²) in [6.07, 6.45) is 16.1. The van der Waals surface area contributed by atoms with Gasteiger partial charge in [-0.15, -0.1) is 27.8 Å². The molecule has 0 aromatic heterocycles. The summed E-state index contributed by atoms with van der Waals surface area (Å²) in [7, 11) is 0. The molecule has 204 valence electrons. The van der Waals surface area contributed by atoms with Crippen LogP contribution in [0.25, 0.3) is 16.7 Å². The van der Waals surface area contributed by atoms with Gasteiger partial charge in [-0.05, 0) is 54.2 Å². The molecule has 0 aliphatic heterocycles. The van der Waals surface area contributed by atoms with Gasteiger partial charge in [0, 0.05) is 0 Å². The quantitative estimate of drug-likeness (QED) is 0.362. The molecular formula is C35H45Cl2Zr-. The van der Waals surface area contributed by atoms with Gasteiger partial charge in [0.2, 0.25) is 0 Å². The third kappa shape index (κ3) is 6.75. The normalized spacial score (nSPS) is 16.1. The van der Waals surface area contributed by atoms with E-state index in [4.69, 9.17) is 0 Å². The van der Waals surface area contributed by atoms with Crippen molar-refractivity contribution in [2.24, 2.45) is 0 Å². The van der Waals surface area contributed by atoms with Crippen molar-refractivity contribution in [3.63, 3.8) is 0 Å². The van der Waals surface area contributed by atoms with Crippen LogP contribution in [0.3, 0.4) is 0 Å². The van der Waals surface area contributed by atoms with Gasteiger partial charge < -0.3 is 24.8 Å². The fraction of sp³-hybridized carbons (Fsp3) is 0.514. The number of hydrogen-bond donors (Lipinski definition) is 0. The van der Waals surface area contributed by atoms with E-state index in [9.17, 15) is 0 Å². The van der Waals surface area contributed by atoms with Crippen LogP contribution in [0.4, 0.5) is 0 Å². The minimum absolute atomic E-state index is 0. The van der Waals surface area contributed by atoms with Crippen LogP contribution in [0.1, 0.15) is 125 Å². The Bertz CT molecular complexity index is 1250. The van der Waals surface area contributed by atoms with Gasteiger partial charge in [-0.3, -0.25) is 0 Å². The summed E-state index contributed by atoms with van der Waals surface area (Å²) < 4.78 is 1.80. The first kappa shape index (κ1) is 33.5. The average molecular weight is 628 g/mol. The maximum absolute atomic E-state index is 3.93. The Labute approximate surface area is 260 Å². The summed E-state index contributed by atoms with van der Waals surface area (Å²) in [4.78, 5) is 0. The summed E-state index contributed by atoms with van der Waals surface area (Å²) in [5.74, 6) is 0. The molecule has 0 heterocycles. The molecule has 3 aliphatic rings. The number of benzene rings is 2. The van der Waals surface area contributed by atoms with Gasteiger partial charge in [0.05, 0.1) is 0 Å². The Morgan fingerprint density at radius 1 is 0.763 bits per heavy atom. The zero-order valence-electron chi connectivity index (χ0n) is 25.0. The fourth-order valence-corrected chi connectivity index (χ4v) is 7.17. The van der Waals surface area contributed by atoms with Crippen molar-refractivity contribution in [3.05, 3.63) is 74.9 Å². The van der Waals surface area contributed by atoms with E-state index in [-0.39, 0.29) is 35.6 Å². The standard InChI is InChI=1S/C29H35.C6H10.2ClH.Zr/c1-17-18(2)26-21(15-23(17)28(4,5)6)14-22-16-24(29(7,8)9)25(19(3)27(22)26)20-12-10-11-13-20;1-2-4-6-5-3-1;;;/h10-12,15H,13-14H2,1-9H3;1-5H2;2*1H;/q-1;;;;+2/p-2. The molecule has 0 amide bonds. The predicted octanol–water partition coefficient (Wildman–Crippen LogP) is 3.60. The van der Waals surface area contributed by atoms with Crippen LogP contribution in [-0.2, 0) is 41.5 Å². The molecule has 0 saturated heterocycles. The molecule has 2 aromatic rings. The van der Waals surface area contributed by atoms with Gasteiger partial charge in [-0.2, -0.15) is 6.07 Å². The second-order valence-electron chi connectivity index (χ2n) is 13.2. The number of halogens is 2. The first-order valence-corrected chi connectivity index (χ1v) is 15.2. The Morgan fingerprint density at radius 2 is 1.39 bits per heavy atom. The maximum atomic E-state index is 3.93. The Morgan fingerprint density at radius 3 is 1.87 bits per heavy atom. The molecule has 1 saturated carbocycles. The minimum atomic E-state index is 0. The average Bonchev–Trinajstić information content (AvgIpc) is 3.44. The molecule has 0 nitrogen and oxygen atoms in total. The molecule has 0 unspecified atom stereocenters. The van der Waals surface area contributed by atoms with Gasteiger partial charge in [-0.1, -0.05) is 89.5 Å². The van der Waals surface area contributed by atoms with Crippen LogP contribution >= 0.6 is 0 Å². The van der Waals surface area contributed by atoms with Gasteiger partial charge in [0.1, 0.15) is 0 Å². The number of fused-ring (bicyclic) bond motifs is 3. The molecule has 38 heavy (non-hydrogen) atoms. The van der Waals surface area contributed by atoms with E-state index in [0.29, 0.717) is 0 Å². The van der Waals surface area contributed by atoms with E-state index in [1.165, 1.54) is 93.3 Å². The van der Waals surface area contributed by atoms with E-state index in [0.717, 1.165) is 12.8 Å². The zero-order valence-corrected chi connectivity index (χ0v) is 29.0. The van der Waals surface area contributed by atoms with Crippen molar-refractivity contribution in [2.45, 2.75) is 118 Å².